The Kier molecular flexibility index (Phi) is 4.30. The number of carbonyl (C=O) groups excluding carboxylic acids is 1. The maximum atomic E-state index is 12.4. The molecule has 0 aliphatic carbocycles. The second-order valence-electron chi connectivity index (χ2n) is 5.02. The van der Waals surface area contributed by atoms with Crippen LogP contribution in [0.25, 0.3) is 0 Å². The van der Waals surface area contributed by atoms with Gasteiger partial charge in [-0.15, -0.1) is 0 Å². The quantitative estimate of drug-likeness (QED) is 0.522. The summed E-state index contributed by atoms with van der Waals surface area (Å²) in [4.78, 5) is 12.4. The minimum absolute atomic E-state index is 0.322. The maximum absolute atomic E-state index is 12.4. The molecule has 3 aromatic carbocycles. The van der Waals surface area contributed by atoms with Gasteiger partial charge in [-0.2, -0.15) is 0 Å². The number of rotatable bonds is 4. The van der Waals surface area contributed by atoms with E-state index in [-0.39, 0.29) is 5.97 Å². The van der Waals surface area contributed by atoms with Gasteiger partial charge in [-0.3, -0.25) is 0 Å². The smallest absolute Gasteiger partial charge is 0.343 e. The molecule has 0 amide bonds. The summed E-state index contributed by atoms with van der Waals surface area (Å²) in [6.07, 6.45) is 0.709. The van der Waals surface area contributed by atoms with Crippen molar-refractivity contribution in [2.75, 3.05) is 0 Å². The Morgan fingerprint density at radius 3 is 2.05 bits per heavy atom. The summed E-state index contributed by atoms with van der Waals surface area (Å²) in [6, 6.07) is 26.8. The van der Waals surface area contributed by atoms with E-state index in [1.165, 1.54) is 5.56 Å². The highest BCUT2D eigenvalue weighted by Gasteiger charge is 2.13. The number of benzene rings is 3. The van der Waals surface area contributed by atoms with E-state index in [9.17, 15) is 4.79 Å². The molecule has 0 aliphatic rings. The van der Waals surface area contributed by atoms with Gasteiger partial charge in [-0.1, -0.05) is 66.7 Å². The molecule has 0 fully saturated rings. The molecule has 3 aromatic rings. The lowest BCUT2D eigenvalue weighted by atomic mass is 10.00. The highest BCUT2D eigenvalue weighted by molar-refractivity contribution is 5.92. The van der Waals surface area contributed by atoms with E-state index >= 15 is 0 Å². The Labute approximate surface area is 130 Å². The second kappa shape index (κ2) is 6.72. The third-order valence-corrected chi connectivity index (χ3v) is 3.43. The minimum atomic E-state index is -0.322. The zero-order valence-electron chi connectivity index (χ0n) is 12.1. The molecule has 0 saturated heterocycles. The molecule has 0 atom stereocenters. The van der Waals surface area contributed by atoms with Crippen molar-refractivity contribution < 1.29 is 9.53 Å². The van der Waals surface area contributed by atoms with E-state index in [1.54, 1.807) is 12.1 Å². The van der Waals surface area contributed by atoms with E-state index in [2.05, 4.69) is 12.1 Å². The predicted octanol–water partition coefficient (Wildman–Crippen LogP) is 4.50. The van der Waals surface area contributed by atoms with E-state index < -0.39 is 0 Å². The SMILES string of the molecule is O=C(Oc1ccccc1)c1ccccc1Cc1ccccc1. The number of para-hydroxylation sites is 1. The van der Waals surface area contributed by atoms with Crippen molar-refractivity contribution in [3.63, 3.8) is 0 Å². The average molecular weight is 288 g/mol. The monoisotopic (exact) mass is 288 g/mol. The first-order chi connectivity index (χ1) is 10.8. The van der Waals surface area contributed by atoms with Crippen molar-refractivity contribution in [3.05, 3.63) is 102 Å². The third kappa shape index (κ3) is 3.41. The lowest BCUT2D eigenvalue weighted by Crippen LogP contribution is -2.11. The number of esters is 1. The summed E-state index contributed by atoms with van der Waals surface area (Å²) in [5.74, 6) is 0.236. The molecule has 0 unspecified atom stereocenters. The molecule has 22 heavy (non-hydrogen) atoms. The largest absolute Gasteiger partial charge is 0.423 e. The summed E-state index contributed by atoms with van der Waals surface area (Å²) in [5.41, 5.74) is 2.74. The third-order valence-electron chi connectivity index (χ3n) is 3.43. The van der Waals surface area contributed by atoms with Gasteiger partial charge in [0.1, 0.15) is 5.75 Å². The summed E-state index contributed by atoms with van der Waals surface area (Å²) in [7, 11) is 0. The Balaban J connectivity index is 1.83. The molecule has 0 N–H and O–H groups in total. The van der Waals surface area contributed by atoms with Crippen LogP contribution in [0.4, 0.5) is 0 Å². The number of hydrogen-bond donors (Lipinski definition) is 0. The van der Waals surface area contributed by atoms with Crippen LogP contribution in [0.3, 0.4) is 0 Å². The fourth-order valence-corrected chi connectivity index (χ4v) is 2.34. The van der Waals surface area contributed by atoms with E-state index in [0.29, 0.717) is 17.7 Å². The first-order valence-electron chi connectivity index (χ1n) is 7.22. The Bertz CT molecular complexity index is 749. The normalized spacial score (nSPS) is 10.2. The molecular formula is C20H16O2. The van der Waals surface area contributed by atoms with Gasteiger partial charge < -0.3 is 4.74 Å². The standard InChI is InChI=1S/C20H16O2/c21-20(22-18-12-5-2-6-13-18)19-14-8-7-11-17(19)15-16-9-3-1-4-10-16/h1-14H,15H2. The Hall–Kier alpha value is -2.87. The fourth-order valence-electron chi connectivity index (χ4n) is 2.34. The van der Waals surface area contributed by atoms with Crippen molar-refractivity contribution in [2.24, 2.45) is 0 Å². The Morgan fingerprint density at radius 1 is 0.727 bits per heavy atom. The number of ether oxygens (including phenoxy) is 1. The van der Waals surface area contributed by atoms with Crippen LogP contribution in [-0.2, 0) is 6.42 Å². The topological polar surface area (TPSA) is 26.3 Å². The summed E-state index contributed by atoms with van der Waals surface area (Å²) < 4.78 is 5.44. The zero-order chi connectivity index (χ0) is 15.2. The van der Waals surface area contributed by atoms with Crippen LogP contribution in [-0.4, -0.2) is 5.97 Å². The van der Waals surface area contributed by atoms with Crippen LogP contribution < -0.4 is 4.74 Å². The van der Waals surface area contributed by atoms with Crippen LogP contribution in [0.15, 0.2) is 84.9 Å². The van der Waals surface area contributed by atoms with Crippen molar-refractivity contribution in [2.45, 2.75) is 6.42 Å². The molecular weight excluding hydrogens is 272 g/mol. The molecule has 0 spiro atoms. The first-order valence-corrected chi connectivity index (χ1v) is 7.22. The highest BCUT2D eigenvalue weighted by atomic mass is 16.5. The number of carbonyl (C=O) groups is 1. The summed E-state index contributed by atoms with van der Waals surface area (Å²) in [6.45, 7) is 0. The summed E-state index contributed by atoms with van der Waals surface area (Å²) in [5, 5.41) is 0. The lowest BCUT2D eigenvalue weighted by molar-refractivity contribution is 0.0734. The van der Waals surface area contributed by atoms with Crippen LogP contribution in [0.5, 0.6) is 5.75 Å². The van der Waals surface area contributed by atoms with Crippen molar-refractivity contribution in [1.82, 2.24) is 0 Å². The van der Waals surface area contributed by atoms with Crippen molar-refractivity contribution in [1.29, 1.82) is 0 Å². The first kappa shape index (κ1) is 14.1. The summed E-state index contributed by atoms with van der Waals surface area (Å²) >= 11 is 0. The van der Waals surface area contributed by atoms with Gasteiger partial charge in [0.2, 0.25) is 0 Å². The van der Waals surface area contributed by atoms with E-state index in [0.717, 1.165) is 5.56 Å². The van der Waals surface area contributed by atoms with Crippen molar-refractivity contribution in [3.8, 4) is 5.75 Å². The van der Waals surface area contributed by atoms with E-state index in [1.807, 2.05) is 60.7 Å². The molecule has 3 rings (SSSR count). The minimum Gasteiger partial charge on any atom is -0.423 e. The van der Waals surface area contributed by atoms with Gasteiger partial charge in [0.25, 0.3) is 0 Å². The predicted molar refractivity (Wildman–Crippen MR) is 87.1 cm³/mol. The molecule has 0 heterocycles. The van der Waals surface area contributed by atoms with Crippen LogP contribution in [0.1, 0.15) is 21.5 Å². The molecule has 0 radical (unpaired) electrons. The Morgan fingerprint density at radius 2 is 1.32 bits per heavy atom. The van der Waals surface area contributed by atoms with Gasteiger partial charge in [0.15, 0.2) is 0 Å². The van der Waals surface area contributed by atoms with Crippen LogP contribution in [0.2, 0.25) is 0 Å². The van der Waals surface area contributed by atoms with E-state index in [4.69, 9.17) is 4.74 Å². The van der Waals surface area contributed by atoms with Gasteiger partial charge in [-0.25, -0.2) is 4.79 Å². The second-order valence-corrected chi connectivity index (χ2v) is 5.02. The zero-order valence-corrected chi connectivity index (χ0v) is 12.1. The average Bonchev–Trinajstić information content (AvgIpc) is 2.57. The van der Waals surface area contributed by atoms with Gasteiger partial charge in [-0.05, 0) is 35.7 Å². The van der Waals surface area contributed by atoms with Crippen LogP contribution >= 0.6 is 0 Å². The molecule has 108 valence electrons. The van der Waals surface area contributed by atoms with Gasteiger partial charge in [0.05, 0.1) is 5.56 Å². The van der Waals surface area contributed by atoms with Crippen molar-refractivity contribution >= 4 is 5.97 Å². The van der Waals surface area contributed by atoms with Gasteiger partial charge in [0, 0.05) is 0 Å². The molecule has 2 heteroatoms. The molecule has 0 aromatic heterocycles. The lowest BCUT2D eigenvalue weighted by Gasteiger charge is -2.09. The highest BCUT2D eigenvalue weighted by Crippen LogP contribution is 2.17. The molecule has 0 bridgehead atoms. The number of hydrogen-bond acceptors (Lipinski definition) is 2. The van der Waals surface area contributed by atoms with Gasteiger partial charge >= 0.3 is 5.97 Å². The maximum Gasteiger partial charge on any atom is 0.343 e. The van der Waals surface area contributed by atoms with Crippen LogP contribution in [0, 0.1) is 0 Å². The molecule has 0 aliphatic heterocycles. The fraction of sp³-hybridized carbons (Fsp3) is 0.0500. The molecule has 0 saturated carbocycles. The molecule has 2 nitrogen and oxygen atoms in total.